The van der Waals surface area contributed by atoms with Crippen molar-refractivity contribution in [2.24, 2.45) is 0 Å². The van der Waals surface area contributed by atoms with Crippen molar-refractivity contribution in [3.8, 4) is 0 Å². The Bertz CT molecular complexity index is 704. The summed E-state index contributed by atoms with van der Waals surface area (Å²) in [5.41, 5.74) is 2.31. The predicted octanol–water partition coefficient (Wildman–Crippen LogP) is 2.47. The fraction of sp³-hybridized carbons (Fsp3) is 0.462. The second kappa shape index (κ2) is 5.19. The third kappa shape index (κ3) is 3.13. The van der Waals surface area contributed by atoms with Gasteiger partial charge in [0.1, 0.15) is 4.70 Å². The van der Waals surface area contributed by atoms with Crippen LogP contribution in [-0.4, -0.2) is 18.2 Å². The molecular formula is C13H18NO3S2+. The first-order chi connectivity index (χ1) is 8.79. The molecule has 0 fully saturated rings. The Morgan fingerprint density at radius 3 is 2.68 bits per heavy atom. The average Bonchev–Trinajstić information content (AvgIpc) is 2.60. The summed E-state index contributed by atoms with van der Waals surface area (Å²) in [6, 6.07) is 6.27. The van der Waals surface area contributed by atoms with Crippen LogP contribution >= 0.6 is 11.3 Å². The van der Waals surface area contributed by atoms with Gasteiger partial charge in [-0.2, -0.15) is 13.0 Å². The first kappa shape index (κ1) is 14.4. The van der Waals surface area contributed by atoms with Crippen molar-refractivity contribution in [3.05, 3.63) is 28.8 Å². The van der Waals surface area contributed by atoms with Gasteiger partial charge in [-0.05, 0) is 25.5 Å². The minimum Gasteiger partial charge on any atom is -0.285 e. The summed E-state index contributed by atoms with van der Waals surface area (Å²) < 4.78 is 34.4. The van der Waals surface area contributed by atoms with E-state index in [0.717, 1.165) is 10.5 Å². The summed E-state index contributed by atoms with van der Waals surface area (Å²) >= 11 is 1.70. The van der Waals surface area contributed by atoms with Crippen LogP contribution in [0.25, 0.3) is 10.2 Å². The fourth-order valence-corrected chi connectivity index (χ4v) is 3.48. The zero-order valence-electron chi connectivity index (χ0n) is 11.3. The van der Waals surface area contributed by atoms with Crippen LogP contribution in [0, 0.1) is 13.8 Å². The molecule has 0 aliphatic heterocycles. The van der Waals surface area contributed by atoms with Crippen molar-refractivity contribution in [1.29, 1.82) is 0 Å². The molecule has 4 nitrogen and oxygen atoms in total. The second-order valence-corrected chi connectivity index (χ2v) is 7.93. The maximum Gasteiger partial charge on any atom is 0.267 e. The zero-order chi connectivity index (χ0) is 14.2. The van der Waals surface area contributed by atoms with Gasteiger partial charge in [0.15, 0.2) is 6.54 Å². The highest BCUT2D eigenvalue weighted by Gasteiger charge is 2.22. The fourth-order valence-electron chi connectivity index (χ4n) is 2.05. The lowest BCUT2D eigenvalue weighted by molar-refractivity contribution is -0.673. The Kier molecular flexibility index (Phi) is 3.94. The van der Waals surface area contributed by atoms with Gasteiger partial charge in [0.2, 0.25) is 10.5 Å². The molecule has 19 heavy (non-hydrogen) atoms. The van der Waals surface area contributed by atoms with E-state index in [1.165, 1.54) is 17.2 Å². The van der Waals surface area contributed by atoms with Gasteiger partial charge in [-0.1, -0.05) is 17.4 Å². The Morgan fingerprint density at radius 1 is 1.37 bits per heavy atom. The lowest BCUT2D eigenvalue weighted by atomic mass is 10.2. The monoisotopic (exact) mass is 300 g/mol. The quantitative estimate of drug-likeness (QED) is 0.697. The first-order valence-electron chi connectivity index (χ1n) is 6.15. The molecule has 1 N–H and O–H groups in total. The van der Waals surface area contributed by atoms with Gasteiger partial charge in [-0.15, -0.1) is 0 Å². The zero-order valence-corrected chi connectivity index (χ0v) is 12.9. The van der Waals surface area contributed by atoms with Crippen LogP contribution in [0.5, 0.6) is 0 Å². The first-order valence-corrected chi connectivity index (χ1v) is 8.47. The molecule has 0 aliphatic rings. The smallest absolute Gasteiger partial charge is 0.267 e. The molecular weight excluding hydrogens is 282 g/mol. The van der Waals surface area contributed by atoms with E-state index in [1.54, 1.807) is 11.3 Å². The van der Waals surface area contributed by atoms with E-state index >= 15 is 0 Å². The van der Waals surface area contributed by atoms with E-state index in [-0.39, 0.29) is 0 Å². The Hall–Kier alpha value is -0.980. The summed E-state index contributed by atoms with van der Waals surface area (Å²) in [5.74, 6) is 0. The summed E-state index contributed by atoms with van der Waals surface area (Å²) in [6.07, 6.45) is 0.407. The van der Waals surface area contributed by atoms with Gasteiger partial charge >= 0.3 is 0 Å². The van der Waals surface area contributed by atoms with Gasteiger partial charge < -0.3 is 0 Å². The van der Waals surface area contributed by atoms with Crippen LogP contribution in [0.2, 0.25) is 0 Å². The van der Waals surface area contributed by atoms with E-state index in [4.69, 9.17) is 4.55 Å². The number of aryl methyl sites for hydroxylation is 3. The molecule has 0 saturated carbocycles. The van der Waals surface area contributed by atoms with E-state index in [2.05, 4.69) is 22.8 Å². The number of nitrogens with zero attached hydrogens (tertiary/aromatic N) is 1. The summed E-state index contributed by atoms with van der Waals surface area (Å²) in [6.45, 7) is 6.19. The molecule has 0 aliphatic carbocycles. The van der Waals surface area contributed by atoms with Crippen molar-refractivity contribution in [1.82, 2.24) is 0 Å². The summed E-state index contributed by atoms with van der Waals surface area (Å²) in [7, 11) is -3.94. The third-order valence-corrected chi connectivity index (χ3v) is 5.64. The number of rotatable bonds is 4. The Labute approximate surface area is 117 Å². The summed E-state index contributed by atoms with van der Waals surface area (Å²) in [5, 5.41) is 0.405. The van der Waals surface area contributed by atoms with Crippen molar-refractivity contribution in [3.63, 3.8) is 0 Å². The van der Waals surface area contributed by atoms with E-state index in [1.807, 2.05) is 13.8 Å². The highest BCUT2D eigenvalue weighted by Crippen LogP contribution is 2.21. The molecule has 0 radical (unpaired) electrons. The van der Waals surface area contributed by atoms with Crippen LogP contribution in [-0.2, 0) is 16.7 Å². The van der Waals surface area contributed by atoms with Crippen molar-refractivity contribution in [2.75, 3.05) is 0 Å². The number of fused-ring (bicyclic) bond motifs is 1. The lowest BCUT2D eigenvalue weighted by Crippen LogP contribution is -2.37. The lowest BCUT2D eigenvalue weighted by Gasteiger charge is -2.05. The van der Waals surface area contributed by atoms with Crippen LogP contribution in [0.4, 0.5) is 0 Å². The minimum atomic E-state index is -3.94. The molecule has 104 valence electrons. The molecule has 2 aromatic rings. The SMILES string of the molecule is Cc1ccc2sc(C)[n+](CC[C@@H](C)S(=O)(=O)O)c2c1. The number of thiazole rings is 1. The number of benzene rings is 1. The molecule has 0 saturated heterocycles. The number of hydrogen-bond acceptors (Lipinski definition) is 3. The topological polar surface area (TPSA) is 58.2 Å². The Balaban J connectivity index is 2.30. The molecule has 1 atom stereocenters. The van der Waals surface area contributed by atoms with Gasteiger partial charge in [0, 0.05) is 19.4 Å². The van der Waals surface area contributed by atoms with Gasteiger partial charge in [-0.25, -0.2) is 0 Å². The predicted molar refractivity (Wildman–Crippen MR) is 77.1 cm³/mol. The maximum atomic E-state index is 11.0. The highest BCUT2D eigenvalue weighted by atomic mass is 32.2. The third-order valence-electron chi connectivity index (χ3n) is 3.31. The number of hydrogen-bond donors (Lipinski definition) is 1. The highest BCUT2D eigenvalue weighted by molar-refractivity contribution is 7.86. The maximum absolute atomic E-state index is 11.0. The van der Waals surface area contributed by atoms with Crippen molar-refractivity contribution >= 4 is 31.7 Å². The molecule has 0 spiro atoms. The average molecular weight is 300 g/mol. The molecule has 0 amide bonds. The standard InChI is InChI=1S/C13H17NO3S2/c1-9-4-5-13-12(8-9)14(11(3)18-13)7-6-10(2)19(15,16)17/h4-5,8,10H,6-7H2,1-3H3/p+1/t10-/m1/s1. The molecule has 6 heteroatoms. The van der Waals surface area contributed by atoms with Crippen LogP contribution in [0.1, 0.15) is 23.9 Å². The second-order valence-electron chi connectivity index (χ2n) is 4.86. The van der Waals surface area contributed by atoms with Crippen molar-refractivity contribution < 1.29 is 17.5 Å². The molecule has 1 aromatic carbocycles. The minimum absolute atomic E-state index is 0.407. The van der Waals surface area contributed by atoms with Crippen LogP contribution in [0.3, 0.4) is 0 Å². The van der Waals surface area contributed by atoms with E-state index in [0.29, 0.717) is 13.0 Å². The van der Waals surface area contributed by atoms with Crippen LogP contribution in [0.15, 0.2) is 18.2 Å². The summed E-state index contributed by atoms with van der Waals surface area (Å²) in [4.78, 5) is 0. The van der Waals surface area contributed by atoms with Gasteiger partial charge in [0.05, 0.1) is 5.25 Å². The largest absolute Gasteiger partial charge is 0.285 e. The Morgan fingerprint density at radius 2 is 2.05 bits per heavy atom. The van der Waals surface area contributed by atoms with Gasteiger partial charge in [0.25, 0.3) is 10.1 Å². The molecule has 0 unspecified atom stereocenters. The molecule has 0 bridgehead atoms. The van der Waals surface area contributed by atoms with Crippen molar-refractivity contribution in [2.45, 2.75) is 39.0 Å². The number of aromatic nitrogens is 1. The van der Waals surface area contributed by atoms with Gasteiger partial charge in [-0.3, -0.25) is 4.55 Å². The molecule has 1 aromatic heterocycles. The molecule has 2 rings (SSSR count). The normalized spacial score (nSPS) is 13.9. The van der Waals surface area contributed by atoms with E-state index in [9.17, 15) is 8.42 Å². The molecule has 1 heterocycles. The van der Waals surface area contributed by atoms with E-state index < -0.39 is 15.4 Å². The van der Waals surface area contributed by atoms with Crippen LogP contribution < -0.4 is 4.57 Å².